The quantitative estimate of drug-likeness (QED) is 0.470. The Morgan fingerprint density at radius 3 is 2.62 bits per heavy atom. The fourth-order valence-corrected chi connectivity index (χ4v) is 2.79. The standard InChI is InChI=1S/C13H22BN3O2.C5H10O2/c1-12(2)13(3,4)19-14(18-12)10-7-16-17(9-10)11-5-6-15-8-11;1-2-3-4-7-5-6/h7,9,11,15H,5-6,8H2,1-4H3;5H,2-4H2,1H3. The maximum absolute atomic E-state index is 9.46. The highest BCUT2D eigenvalue weighted by molar-refractivity contribution is 6.62. The third-order valence-electron chi connectivity index (χ3n) is 5.24. The molecule has 1 aromatic rings. The van der Waals surface area contributed by atoms with Crippen molar-refractivity contribution >= 4 is 19.1 Å². The van der Waals surface area contributed by atoms with Crippen LogP contribution < -0.4 is 10.8 Å². The van der Waals surface area contributed by atoms with Crippen molar-refractivity contribution in [3.63, 3.8) is 0 Å². The molecule has 1 atom stereocenters. The van der Waals surface area contributed by atoms with Gasteiger partial charge in [-0.05, 0) is 47.1 Å². The second-order valence-corrected chi connectivity index (χ2v) is 7.81. The second kappa shape index (κ2) is 9.02. The number of nitrogens with zero attached hydrogens (tertiary/aromatic N) is 2. The molecule has 0 radical (unpaired) electrons. The van der Waals surface area contributed by atoms with E-state index in [1.165, 1.54) is 0 Å². The van der Waals surface area contributed by atoms with Gasteiger partial charge in [-0.25, -0.2) is 0 Å². The number of hydrogen-bond donors (Lipinski definition) is 1. The number of carbonyl (C=O) groups excluding carboxylic acids is 1. The van der Waals surface area contributed by atoms with Gasteiger partial charge in [-0.15, -0.1) is 0 Å². The van der Waals surface area contributed by atoms with Gasteiger partial charge in [0.15, 0.2) is 0 Å². The molecule has 7 nitrogen and oxygen atoms in total. The highest BCUT2D eigenvalue weighted by Crippen LogP contribution is 2.36. The van der Waals surface area contributed by atoms with Gasteiger partial charge >= 0.3 is 7.12 Å². The fraction of sp³-hybridized carbons (Fsp3) is 0.778. The highest BCUT2D eigenvalue weighted by atomic mass is 16.7. The first kappa shape index (κ1) is 20.9. The molecule has 1 N–H and O–H groups in total. The van der Waals surface area contributed by atoms with E-state index in [0.29, 0.717) is 19.1 Å². The first-order valence-corrected chi connectivity index (χ1v) is 9.46. The molecule has 8 heteroatoms. The van der Waals surface area contributed by atoms with Crippen molar-refractivity contribution in [1.82, 2.24) is 15.1 Å². The molecule has 2 fully saturated rings. The topological polar surface area (TPSA) is 74.6 Å². The summed E-state index contributed by atoms with van der Waals surface area (Å²) in [4.78, 5) is 9.46. The molecule has 0 saturated carbocycles. The summed E-state index contributed by atoms with van der Waals surface area (Å²) in [6.07, 6.45) is 7.09. The molecule has 1 unspecified atom stereocenters. The Balaban J connectivity index is 0.000000298. The van der Waals surface area contributed by atoms with Crippen molar-refractivity contribution in [3.05, 3.63) is 12.4 Å². The molecule has 1 aromatic heterocycles. The third kappa shape index (κ3) is 5.08. The van der Waals surface area contributed by atoms with E-state index in [2.05, 4.69) is 49.0 Å². The van der Waals surface area contributed by atoms with Crippen LogP contribution in [0.4, 0.5) is 0 Å². The summed E-state index contributed by atoms with van der Waals surface area (Å²) in [5.74, 6) is 0. The van der Waals surface area contributed by atoms with E-state index in [1.54, 1.807) is 0 Å². The lowest BCUT2D eigenvalue weighted by molar-refractivity contribution is -0.128. The zero-order chi connectivity index (χ0) is 19.2. The van der Waals surface area contributed by atoms with Crippen LogP contribution in [0.1, 0.15) is 59.9 Å². The Kier molecular flexibility index (Phi) is 7.26. The predicted molar refractivity (Wildman–Crippen MR) is 101 cm³/mol. The average molecular weight is 365 g/mol. The van der Waals surface area contributed by atoms with Gasteiger partial charge in [0.05, 0.1) is 23.9 Å². The molecule has 0 bridgehead atoms. The summed E-state index contributed by atoms with van der Waals surface area (Å²) < 4.78 is 18.5. The van der Waals surface area contributed by atoms with Gasteiger partial charge in [0, 0.05) is 24.4 Å². The van der Waals surface area contributed by atoms with Gasteiger partial charge in [-0.1, -0.05) is 13.3 Å². The maximum atomic E-state index is 9.46. The number of nitrogens with one attached hydrogen (secondary N) is 1. The van der Waals surface area contributed by atoms with Crippen molar-refractivity contribution < 1.29 is 18.8 Å². The highest BCUT2D eigenvalue weighted by Gasteiger charge is 2.52. The first-order valence-electron chi connectivity index (χ1n) is 9.46. The first-order chi connectivity index (χ1) is 12.3. The molecule has 146 valence electrons. The van der Waals surface area contributed by atoms with E-state index in [4.69, 9.17) is 9.31 Å². The Morgan fingerprint density at radius 1 is 1.38 bits per heavy atom. The summed E-state index contributed by atoms with van der Waals surface area (Å²) in [6.45, 7) is 13.4. The summed E-state index contributed by atoms with van der Waals surface area (Å²) in [5, 5.41) is 7.81. The monoisotopic (exact) mass is 365 g/mol. The lowest BCUT2D eigenvalue weighted by Crippen LogP contribution is -2.41. The molecule has 0 aliphatic carbocycles. The molecular formula is C18H32BN3O4. The lowest BCUT2D eigenvalue weighted by Gasteiger charge is -2.32. The minimum Gasteiger partial charge on any atom is -0.468 e. The van der Waals surface area contributed by atoms with Gasteiger partial charge in [-0.2, -0.15) is 5.10 Å². The molecular weight excluding hydrogens is 333 g/mol. The molecule has 0 spiro atoms. The Labute approximate surface area is 156 Å². The molecule has 0 amide bonds. The summed E-state index contributed by atoms with van der Waals surface area (Å²) in [5.41, 5.74) is 0.411. The van der Waals surface area contributed by atoms with Gasteiger partial charge in [-0.3, -0.25) is 9.48 Å². The van der Waals surface area contributed by atoms with Crippen LogP contribution in [-0.4, -0.2) is 54.3 Å². The summed E-state index contributed by atoms with van der Waals surface area (Å²) in [7, 11) is -0.312. The maximum Gasteiger partial charge on any atom is 0.498 e. The summed E-state index contributed by atoms with van der Waals surface area (Å²) in [6, 6.07) is 0.455. The smallest absolute Gasteiger partial charge is 0.468 e. The van der Waals surface area contributed by atoms with Gasteiger partial charge in [0.25, 0.3) is 6.47 Å². The number of hydrogen-bond acceptors (Lipinski definition) is 6. The van der Waals surface area contributed by atoms with E-state index >= 15 is 0 Å². The minimum absolute atomic E-state index is 0.297. The van der Waals surface area contributed by atoms with Gasteiger partial charge in [0.2, 0.25) is 0 Å². The fourth-order valence-electron chi connectivity index (χ4n) is 2.79. The van der Waals surface area contributed by atoms with E-state index in [0.717, 1.165) is 37.8 Å². The van der Waals surface area contributed by atoms with Crippen LogP contribution in [0.5, 0.6) is 0 Å². The Morgan fingerprint density at radius 2 is 2.08 bits per heavy atom. The number of unbranched alkanes of at least 4 members (excludes halogenated alkanes) is 1. The molecule has 2 aliphatic rings. The Bertz CT molecular complexity index is 555. The molecule has 2 saturated heterocycles. The third-order valence-corrected chi connectivity index (χ3v) is 5.24. The number of ether oxygens (including phenoxy) is 1. The summed E-state index contributed by atoms with van der Waals surface area (Å²) >= 11 is 0. The molecule has 2 aliphatic heterocycles. The largest absolute Gasteiger partial charge is 0.498 e. The number of rotatable bonds is 6. The molecule has 3 rings (SSSR count). The van der Waals surface area contributed by atoms with Crippen molar-refractivity contribution in [1.29, 1.82) is 0 Å². The Hall–Kier alpha value is -1.38. The van der Waals surface area contributed by atoms with Crippen LogP contribution in [0.25, 0.3) is 0 Å². The van der Waals surface area contributed by atoms with Crippen molar-refractivity contribution in [3.8, 4) is 0 Å². The van der Waals surface area contributed by atoms with Crippen LogP contribution in [-0.2, 0) is 18.8 Å². The zero-order valence-corrected chi connectivity index (χ0v) is 16.7. The van der Waals surface area contributed by atoms with Crippen LogP contribution in [0.2, 0.25) is 0 Å². The zero-order valence-electron chi connectivity index (χ0n) is 16.7. The predicted octanol–water partition coefficient (Wildman–Crippen LogP) is 1.68. The minimum atomic E-state index is -0.312. The molecule has 26 heavy (non-hydrogen) atoms. The average Bonchev–Trinajstić information content (AvgIpc) is 3.29. The van der Waals surface area contributed by atoms with Gasteiger partial charge in [0.1, 0.15) is 0 Å². The second-order valence-electron chi connectivity index (χ2n) is 7.81. The van der Waals surface area contributed by atoms with Crippen molar-refractivity contribution in [2.75, 3.05) is 19.7 Å². The lowest BCUT2D eigenvalue weighted by atomic mass is 9.82. The number of carbonyl (C=O) groups is 1. The van der Waals surface area contributed by atoms with Crippen LogP contribution in [0, 0.1) is 0 Å². The molecule has 0 aromatic carbocycles. The van der Waals surface area contributed by atoms with E-state index in [1.807, 2.05) is 17.8 Å². The number of aromatic nitrogens is 2. The van der Waals surface area contributed by atoms with E-state index < -0.39 is 0 Å². The van der Waals surface area contributed by atoms with Crippen LogP contribution in [0.3, 0.4) is 0 Å². The SMILES string of the molecule is CC1(C)OB(c2cnn(C3CCNC3)c2)OC1(C)C.CCCCOC=O. The van der Waals surface area contributed by atoms with Crippen molar-refractivity contribution in [2.24, 2.45) is 0 Å². The van der Waals surface area contributed by atoms with Crippen molar-refractivity contribution in [2.45, 2.75) is 71.1 Å². The molecule has 3 heterocycles. The van der Waals surface area contributed by atoms with Crippen LogP contribution >= 0.6 is 0 Å². The van der Waals surface area contributed by atoms with Gasteiger partial charge < -0.3 is 19.4 Å². The van der Waals surface area contributed by atoms with Crippen LogP contribution in [0.15, 0.2) is 12.4 Å². The normalized spacial score (nSPS) is 23.4. The van der Waals surface area contributed by atoms with E-state index in [-0.39, 0.29) is 18.3 Å². The van der Waals surface area contributed by atoms with E-state index in [9.17, 15) is 4.79 Å².